The standard InChI is InChI=1S/C16H14O5/c1-19-15(17)10-14(16(18)20-2)21-13-8-7-11-5-3-4-6-12(11)9-13/h3-10H,1-2H3. The van der Waals surface area contributed by atoms with Gasteiger partial charge in [-0.1, -0.05) is 30.3 Å². The molecule has 0 aliphatic heterocycles. The van der Waals surface area contributed by atoms with E-state index >= 15 is 0 Å². The van der Waals surface area contributed by atoms with Crippen molar-refractivity contribution in [3.8, 4) is 5.75 Å². The number of benzene rings is 2. The van der Waals surface area contributed by atoms with Crippen LogP contribution in [0, 0.1) is 0 Å². The molecule has 21 heavy (non-hydrogen) atoms. The van der Waals surface area contributed by atoms with Crippen molar-refractivity contribution in [2.75, 3.05) is 14.2 Å². The fourth-order valence-electron chi connectivity index (χ4n) is 1.75. The molecule has 0 heterocycles. The summed E-state index contributed by atoms with van der Waals surface area (Å²) in [5.74, 6) is -1.27. The maximum absolute atomic E-state index is 11.6. The fraction of sp³-hybridized carbons (Fsp3) is 0.125. The van der Waals surface area contributed by atoms with Gasteiger partial charge >= 0.3 is 11.9 Å². The summed E-state index contributed by atoms with van der Waals surface area (Å²) in [6.45, 7) is 0. The highest BCUT2D eigenvalue weighted by Gasteiger charge is 2.15. The predicted molar refractivity (Wildman–Crippen MR) is 76.7 cm³/mol. The van der Waals surface area contributed by atoms with Crippen molar-refractivity contribution in [3.63, 3.8) is 0 Å². The number of esters is 2. The summed E-state index contributed by atoms with van der Waals surface area (Å²) < 4.78 is 14.5. The molecule has 0 N–H and O–H groups in total. The van der Waals surface area contributed by atoms with Crippen molar-refractivity contribution >= 4 is 22.7 Å². The van der Waals surface area contributed by atoms with Crippen LogP contribution in [0.4, 0.5) is 0 Å². The first-order valence-electron chi connectivity index (χ1n) is 6.18. The molecule has 0 radical (unpaired) electrons. The summed E-state index contributed by atoms with van der Waals surface area (Å²) >= 11 is 0. The second-order valence-electron chi connectivity index (χ2n) is 4.13. The third kappa shape index (κ3) is 3.60. The van der Waals surface area contributed by atoms with E-state index in [1.165, 1.54) is 14.2 Å². The first kappa shape index (κ1) is 14.6. The van der Waals surface area contributed by atoms with Crippen LogP contribution in [0.1, 0.15) is 0 Å². The third-order valence-corrected chi connectivity index (χ3v) is 2.79. The van der Waals surface area contributed by atoms with Gasteiger partial charge in [-0.15, -0.1) is 0 Å². The number of carbonyl (C=O) groups excluding carboxylic acids is 2. The van der Waals surface area contributed by atoms with Gasteiger partial charge in [0.15, 0.2) is 0 Å². The molecule has 0 aromatic heterocycles. The Morgan fingerprint density at radius 1 is 0.952 bits per heavy atom. The van der Waals surface area contributed by atoms with E-state index in [-0.39, 0.29) is 5.76 Å². The molecule has 2 aromatic carbocycles. The van der Waals surface area contributed by atoms with Gasteiger partial charge in [-0.25, -0.2) is 9.59 Å². The number of fused-ring (bicyclic) bond motifs is 1. The van der Waals surface area contributed by atoms with Crippen LogP contribution in [-0.4, -0.2) is 26.2 Å². The summed E-state index contributed by atoms with van der Waals surface area (Å²) in [7, 11) is 2.42. The van der Waals surface area contributed by atoms with E-state index in [0.29, 0.717) is 5.75 Å². The van der Waals surface area contributed by atoms with E-state index in [4.69, 9.17) is 4.74 Å². The molecule has 5 heteroatoms. The Morgan fingerprint density at radius 3 is 2.33 bits per heavy atom. The second-order valence-corrected chi connectivity index (χ2v) is 4.13. The van der Waals surface area contributed by atoms with Crippen molar-refractivity contribution in [1.82, 2.24) is 0 Å². The number of carbonyl (C=O) groups is 2. The maximum Gasteiger partial charge on any atom is 0.374 e. The summed E-state index contributed by atoms with van der Waals surface area (Å²) in [4.78, 5) is 22.9. The van der Waals surface area contributed by atoms with Gasteiger partial charge in [0.25, 0.3) is 0 Å². The Hall–Kier alpha value is -2.82. The van der Waals surface area contributed by atoms with Crippen LogP contribution < -0.4 is 4.74 Å². The van der Waals surface area contributed by atoms with Crippen molar-refractivity contribution in [2.45, 2.75) is 0 Å². The Balaban J connectivity index is 2.31. The van der Waals surface area contributed by atoms with Gasteiger partial charge in [0.1, 0.15) is 5.75 Å². The summed E-state index contributed by atoms with van der Waals surface area (Å²) in [6, 6.07) is 13.0. The van der Waals surface area contributed by atoms with Crippen molar-refractivity contribution in [1.29, 1.82) is 0 Å². The molecule has 108 valence electrons. The van der Waals surface area contributed by atoms with Gasteiger partial charge < -0.3 is 14.2 Å². The van der Waals surface area contributed by atoms with Crippen LogP contribution in [-0.2, 0) is 19.1 Å². The molecule has 2 rings (SSSR count). The lowest BCUT2D eigenvalue weighted by Crippen LogP contribution is -2.13. The van der Waals surface area contributed by atoms with E-state index < -0.39 is 11.9 Å². The first-order valence-corrected chi connectivity index (χ1v) is 6.18. The summed E-state index contributed by atoms with van der Waals surface area (Å²) in [5.41, 5.74) is 0. The highest BCUT2D eigenvalue weighted by atomic mass is 16.6. The molecule has 2 aromatic rings. The average Bonchev–Trinajstić information content (AvgIpc) is 2.53. The molecule has 5 nitrogen and oxygen atoms in total. The zero-order valence-electron chi connectivity index (χ0n) is 11.7. The molecule has 0 saturated carbocycles. The largest absolute Gasteiger partial charge is 0.466 e. The minimum atomic E-state index is -0.756. The zero-order chi connectivity index (χ0) is 15.2. The number of hydrogen-bond acceptors (Lipinski definition) is 5. The minimum Gasteiger partial charge on any atom is -0.466 e. The lowest BCUT2D eigenvalue weighted by atomic mass is 10.1. The SMILES string of the molecule is COC(=O)C=C(Oc1ccc2ccccc2c1)C(=O)OC. The lowest BCUT2D eigenvalue weighted by molar-refractivity contribution is -0.140. The monoisotopic (exact) mass is 286 g/mol. The smallest absolute Gasteiger partial charge is 0.374 e. The van der Waals surface area contributed by atoms with Crippen LogP contribution >= 0.6 is 0 Å². The highest BCUT2D eigenvalue weighted by Crippen LogP contribution is 2.22. The van der Waals surface area contributed by atoms with E-state index in [9.17, 15) is 9.59 Å². The number of hydrogen-bond donors (Lipinski definition) is 0. The van der Waals surface area contributed by atoms with Gasteiger partial charge in [-0.3, -0.25) is 0 Å². The van der Waals surface area contributed by atoms with Crippen LogP contribution in [0.15, 0.2) is 54.3 Å². The van der Waals surface area contributed by atoms with Crippen molar-refractivity contribution in [3.05, 3.63) is 54.3 Å². The van der Waals surface area contributed by atoms with E-state index in [1.54, 1.807) is 12.1 Å². The predicted octanol–water partition coefficient (Wildman–Crippen LogP) is 2.45. The molecule has 0 unspecified atom stereocenters. The number of rotatable bonds is 4. The molecular weight excluding hydrogens is 272 g/mol. The molecule has 0 bridgehead atoms. The number of methoxy groups -OCH3 is 2. The van der Waals surface area contributed by atoms with Gasteiger partial charge in [0.05, 0.1) is 20.3 Å². The van der Waals surface area contributed by atoms with Gasteiger partial charge in [-0.2, -0.15) is 0 Å². The fourth-order valence-corrected chi connectivity index (χ4v) is 1.75. The van der Waals surface area contributed by atoms with E-state index in [1.807, 2.05) is 30.3 Å². The molecule has 0 fully saturated rings. The van der Waals surface area contributed by atoms with Crippen LogP contribution in [0.3, 0.4) is 0 Å². The molecule has 0 aliphatic rings. The lowest BCUT2D eigenvalue weighted by Gasteiger charge is -2.09. The van der Waals surface area contributed by atoms with Crippen LogP contribution in [0.25, 0.3) is 10.8 Å². The van der Waals surface area contributed by atoms with Gasteiger partial charge in [0, 0.05) is 0 Å². The van der Waals surface area contributed by atoms with Crippen molar-refractivity contribution in [2.24, 2.45) is 0 Å². The average molecular weight is 286 g/mol. The molecule has 0 amide bonds. The molecule has 0 saturated heterocycles. The van der Waals surface area contributed by atoms with Crippen LogP contribution in [0.5, 0.6) is 5.75 Å². The van der Waals surface area contributed by atoms with Crippen molar-refractivity contribution < 1.29 is 23.8 Å². The topological polar surface area (TPSA) is 61.8 Å². The first-order chi connectivity index (χ1) is 10.1. The molecule has 0 spiro atoms. The van der Waals surface area contributed by atoms with Gasteiger partial charge in [0.2, 0.25) is 5.76 Å². The van der Waals surface area contributed by atoms with Crippen LogP contribution in [0.2, 0.25) is 0 Å². The summed E-state index contributed by atoms with van der Waals surface area (Å²) in [6.07, 6.45) is 0.945. The Kier molecular flexibility index (Phi) is 4.56. The normalized spacial score (nSPS) is 11.0. The minimum absolute atomic E-state index is 0.236. The summed E-state index contributed by atoms with van der Waals surface area (Å²) in [5, 5.41) is 2.00. The molecular formula is C16H14O5. The Morgan fingerprint density at radius 2 is 1.67 bits per heavy atom. The third-order valence-electron chi connectivity index (χ3n) is 2.79. The highest BCUT2D eigenvalue weighted by molar-refractivity contribution is 5.95. The zero-order valence-corrected chi connectivity index (χ0v) is 11.7. The second kappa shape index (κ2) is 6.56. The van der Waals surface area contributed by atoms with E-state index in [2.05, 4.69) is 9.47 Å². The van der Waals surface area contributed by atoms with Gasteiger partial charge in [-0.05, 0) is 22.9 Å². The maximum atomic E-state index is 11.6. The molecule has 0 atom stereocenters. The van der Waals surface area contributed by atoms with E-state index in [0.717, 1.165) is 16.8 Å². The Labute approximate surface area is 121 Å². The quantitative estimate of drug-likeness (QED) is 0.491. The number of ether oxygens (including phenoxy) is 3. The Bertz CT molecular complexity index is 703. The molecule has 0 aliphatic carbocycles.